The van der Waals surface area contributed by atoms with Crippen molar-refractivity contribution in [2.75, 3.05) is 13.1 Å². The van der Waals surface area contributed by atoms with Crippen LogP contribution in [0.2, 0.25) is 0 Å². The Hall–Kier alpha value is -1.49. The van der Waals surface area contributed by atoms with Gasteiger partial charge in [0.15, 0.2) is 5.65 Å². The van der Waals surface area contributed by atoms with Crippen molar-refractivity contribution in [1.82, 2.24) is 24.9 Å². The molecule has 0 radical (unpaired) electrons. The predicted octanol–water partition coefficient (Wildman–Crippen LogP) is 1.36. The van der Waals surface area contributed by atoms with E-state index in [0.29, 0.717) is 0 Å². The lowest BCUT2D eigenvalue weighted by Crippen LogP contribution is -2.30. The average molecular weight is 245 g/mol. The van der Waals surface area contributed by atoms with Gasteiger partial charge in [-0.25, -0.2) is 4.98 Å². The fourth-order valence-corrected chi connectivity index (χ4v) is 2.61. The van der Waals surface area contributed by atoms with Crippen molar-refractivity contribution in [3.63, 3.8) is 0 Å². The minimum absolute atomic E-state index is 0.782. The van der Waals surface area contributed by atoms with Crippen LogP contribution < -0.4 is 5.32 Å². The van der Waals surface area contributed by atoms with Gasteiger partial charge in [-0.05, 0) is 45.2 Å². The lowest BCUT2D eigenvalue weighted by molar-refractivity contribution is 0.355. The second-order valence-electron chi connectivity index (χ2n) is 5.13. The van der Waals surface area contributed by atoms with Gasteiger partial charge < -0.3 is 5.32 Å². The number of hydrogen-bond acceptors (Lipinski definition) is 4. The molecular weight excluding hydrogens is 226 g/mol. The lowest BCUT2D eigenvalue weighted by Gasteiger charge is -2.22. The SMILES string of the molecule is Cc1cc2nnc(CCC3CCCNC3)n2cn1. The Morgan fingerprint density at radius 1 is 1.44 bits per heavy atom. The summed E-state index contributed by atoms with van der Waals surface area (Å²) >= 11 is 0. The van der Waals surface area contributed by atoms with Gasteiger partial charge in [0, 0.05) is 18.2 Å². The van der Waals surface area contributed by atoms with Gasteiger partial charge in [0.05, 0.1) is 0 Å². The zero-order valence-corrected chi connectivity index (χ0v) is 10.8. The lowest BCUT2D eigenvalue weighted by atomic mass is 9.94. The molecule has 3 heterocycles. The average Bonchev–Trinajstić information content (AvgIpc) is 2.80. The Bertz CT molecular complexity index is 527. The molecule has 0 spiro atoms. The van der Waals surface area contributed by atoms with Gasteiger partial charge in [-0.3, -0.25) is 4.40 Å². The van der Waals surface area contributed by atoms with Gasteiger partial charge in [-0.15, -0.1) is 10.2 Å². The third-order valence-electron chi connectivity index (χ3n) is 3.68. The molecule has 1 saturated heterocycles. The van der Waals surface area contributed by atoms with E-state index in [-0.39, 0.29) is 0 Å². The number of fused-ring (bicyclic) bond motifs is 1. The number of nitrogens with one attached hydrogen (secondary N) is 1. The molecule has 2 aromatic heterocycles. The van der Waals surface area contributed by atoms with E-state index < -0.39 is 0 Å². The van der Waals surface area contributed by atoms with Crippen LogP contribution in [0.4, 0.5) is 0 Å². The van der Waals surface area contributed by atoms with E-state index in [0.717, 1.165) is 36.0 Å². The number of aryl methyl sites for hydroxylation is 2. The van der Waals surface area contributed by atoms with Crippen LogP contribution >= 0.6 is 0 Å². The van der Waals surface area contributed by atoms with Gasteiger partial charge in [0.2, 0.25) is 0 Å². The quantitative estimate of drug-likeness (QED) is 0.887. The standard InChI is InChI=1S/C13H19N5/c1-10-7-13-17-16-12(18(13)9-15-10)5-4-11-3-2-6-14-8-11/h7,9,11,14H,2-6,8H2,1H3. The summed E-state index contributed by atoms with van der Waals surface area (Å²) in [5.74, 6) is 1.81. The Kier molecular flexibility index (Phi) is 3.23. The number of nitrogens with zero attached hydrogens (tertiary/aromatic N) is 4. The molecule has 1 aliphatic heterocycles. The summed E-state index contributed by atoms with van der Waals surface area (Å²) < 4.78 is 2.00. The van der Waals surface area contributed by atoms with Crippen LogP contribution in [0.5, 0.6) is 0 Å². The van der Waals surface area contributed by atoms with Crippen molar-refractivity contribution in [3.8, 4) is 0 Å². The Morgan fingerprint density at radius 3 is 3.22 bits per heavy atom. The molecule has 1 unspecified atom stereocenters. The zero-order chi connectivity index (χ0) is 12.4. The maximum atomic E-state index is 4.31. The van der Waals surface area contributed by atoms with E-state index in [1.165, 1.54) is 25.8 Å². The largest absolute Gasteiger partial charge is 0.316 e. The summed E-state index contributed by atoms with van der Waals surface area (Å²) in [5, 5.41) is 11.9. The van der Waals surface area contributed by atoms with Crippen LogP contribution in [0.15, 0.2) is 12.4 Å². The molecule has 3 rings (SSSR count). The summed E-state index contributed by atoms with van der Waals surface area (Å²) in [4.78, 5) is 4.31. The molecule has 0 aliphatic carbocycles. The first-order chi connectivity index (χ1) is 8.83. The first-order valence-electron chi connectivity index (χ1n) is 6.70. The first-order valence-corrected chi connectivity index (χ1v) is 6.70. The summed E-state index contributed by atoms with van der Waals surface area (Å²) in [7, 11) is 0. The third kappa shape index (κ3) is 2.36. The van der Waals surface area contributed by atoms with Crippen LogP contribution in [0.1, 0.15) is 30.8 Å². The van der Waals surface area contributed by atoms with Gasteiger partial charge in [0.25, 0.3) is 0 Å². The van der Waals surface area contributed by atoms with Crippen LogP contribution in [0.3, 0.4) is 0 Å². The van der Waals surface area contributed by atoms with Crippen molar-refractivity contribution < 1.29 is 0 Å². The number of hydrogen-bond donors (Lipinski definition) is 1. The van der Waals surface area contributed by atoms with Gasteiger partial charge >= 0.3 is 0 Å². The predicted molar refractivity (Wildman–Crippen MR) is 69.4 cm³/mol. The van der Waals surface area contributed by atoms with E-state index in [1.54, 1.807) is 0 Å². The van der Waals surface area contributed by atoms with Gasteiger partial charge in [-0.1, -0.05) is 0 Å². The molecule has 1 N–H and O–H groups in total. The van der Waals surface area contributed by atoms with Crippen molar-refractivity contribution in [2.24, 2.45) is 5.92 Å². The highest BCUT2D eigenvalue weighted by Gasteiger charge is 2.14. The third-order valence-corrected chi connectivity index (χ3v) is 3.68. The van der Waals surface area contributed by atoms with Crippen molar-refractivity contribution in [3.05, 3.63) is 23.9 Å². The fourth-order valence-electron chi connectivity index (χ4n) is 2.61. The highest BCUT2D eigenvalue weighted by molar-refractivity contribution is 5.37. The summed E-state index contributed by atoms with van der Waals surface area (Å²) in [6, 6.07) is 1.97. The molecule has 5 heteroatoms. The topological polar surface area (TPSA) is 55.1 Å². The Balaban J connectivity index is 1.70. The molecule has 0 amide bonds. The molecule has 5 nitrogen and oxygen atoms in total. The molecule has 0 aromatic carbocycles. The molecule has 96 valence electrons. The zero-order valence-electron chi connectivity index (χ0n) is 10.8. The molecule has 1 fully saturated rings. The van der Waals surface area contributed by atoms with E-state index in [4.69, 9.17) is 0 Å². The van der Waals surface area contributed by atoms with Crippen LogP contribution in [0.25, 0.3) is 5.65 Å². The summed E-state index contributed by atoms with van der Waals surface area (Å²) in [6.45, 7) is 4.30. The maximum Gasteiger partial charge on any atom is 0.163 e. The number of rotatable bonds is 3. The fraction of sp³-hybridized carbons (Fsp3) is 0.615. The van der Waals surface area contributed by atoms with Gasteiger partial charge in [0.1, 0.15) is 12.2 Å². The van der Waals surface area contributed by atoms with E-state index in [1.807, 2.05) is 23.7 Å². The molecule has 0 saturated carbocycles. The molecule has 18 heavy (non-hydrogen) atoms. The van der Waals surface area contributed by atoms with Crippen molar-refractivity contribution >= 4 is 5.65 Å². The van der Waals surface area contributed by atoms with E-state index in [9.17, 15) is 0 Å². The molecule has 2 aromatic rings. The van der Waals surface area contributed by atoms with Crippen molar-refractivity contribution in [2.45, 2.75) is 32.6 Å². The molecule has 1 atom stereocenters. The molecular formula is C13H19N5. The number of aromatic nitrogens is 4. The van der Waals surface area contributed by atoms with Crippen LogP contribution in [-0.2, 0) is 6.42 Å². The Morgan fingerprint density at radius 2 is 2.39 bits per heavy atom. The normalized spacial score (nSPS) is 20.4. The monoisotopic (exact) mass is 245 g/mol. The Labute approximate surface area is 107 Å². The highest BCUT2D eigenvalue weighted by atomic mass is 15.3. The first kappa shape index (κ1) is 11.6. The minimum atomic E-state index is 0.782. The smallest absolute Gasteiger partial charge is 0.163 e. The van der Waals surface area contributed by atoms with Gasteiger partial charge in [-0.2, -0.15) is 0 Å². The summed E-state index contributed by atoms with van der Waals surface area (Å²) in [6.07, 6.45) is 6.63. The van der Waals surface area contributed by atoms with E-state index in [2.05, 4.69) is 20.5 Å². The maximum absolute atomic E-state index is 4.31. The highest BCUT2D eigenvalue weighted by Crippen LogP contribution is 2.16. The summed E-state index contributed by atoms with van der Waals surface area (Å²) in [5.41, 5.74) is 1.89. The second-order valence-corrected chi connectivity index (χ2v) is 5.13. The van der Waals surface area contributed by atoms with Crippen molar-refractivity contribution in [1.29, 1.82) is 0 Å². The minimum Gasteiger partial charge on any atom is -0.316 e. The number of piperidine rings is 1. The molecule has 1 aliphatic rings. The van der Waals surface area contributed by atoms with Crippen LogP contribution in [-0.4, -0.2) is 32.7 Å². The van der Waals surface area contributed by atoms with E-state index >= 15 is 0 Å². The second kappa shape index (κ2) is 5.02. The molecule has 0 bridgehead atoms. The van der Waals surface area contributed by atoms with Crippen LogP contribution in [0, 0.1) is 12.8 Å².